The summed E-state index contributed by atoms with van der Waals surface area (Å²) < 4.78 is 11.1. The van der Waals surface area contributed by atoms with Crippen molar-refractivity contribution in [1.29, 1.82) is 0 Å². The van der Waals surface area contributed by atoms with Gasteiger partial charge in [0.15, 0.2) is 5.96 Å². The van der Waals surface area contributed by atoms with E-state index in [2.05, 4.69) is 20.6 Å². The van der Waals surface area contributed by atoms with Gasteiger partial charge in [-0.05, 0) is 31.5 Å². The number of hydrogen-bond donors (Lipinski definition) is 2. The minimum Gasteiger partial charge on any atom is -0.444 e. The van der Waals surface area contributed by atoms with E-state index in [1.165, 1.54) is 0 Å². The van der Waals surface area contributed by atoms with Crippen LogP contribution in [-0.2, 0) is 17.9 Å². The van der Waals surface area contributed by atoms with Gasteiger partial charge < -0.3 is 19.8 Å². The molecular formula is C17H23ClN4O2. The SMILES string of the molecule is CN=C(NCCOCc1cccc(Cl)c1)NCc1nc(C)c(C)o1. The molecule has 0 aliphatic heterocycles. The molecule has 0 radical (unpaired) electrons. The second-order valence-electron chi connectivity index (χ2n) is 5.28. The molecule has 0 unspecified atom stereocenters. The van der Waals surface area contributed by atoms with E-state index in [9.17, 15) is 0 Å². The van der Waals surface area contributed by atoms with Gasteiger partial charge in [-0.2, -0.15) is 0 Å². The number of aliphatic imine (C=N–C) groups is 1. The minimum atomic E-state index is 0.484. The zero-order valence-electron chi connectivity index (χ0n) is 14.2. The van der Waals surface area contributed by atoms with Crippen LogP contribution in [0.3, 0.4) is 0 Å². The van der Waals surface area contributed by atoms with Crippen molar-refractivity contribution in [3.05, 3.63) is 52.2 Å². The first-order valence-electron chi connectivity index (χ1n) is 7.78. The van der Waals surface area contributed by atoms with Gasteiger partial charge >= 0.3 is 0 Å². The number of ether oxygens (including phenoxy) is 1. The maximum absolute atomic E-state index is 5.94. The predicted molar refractivity (Wildman–Crippen MR) is 95.3 cm³/mol. The fourth-order valence-corrected chi connectivity index (χ4v) is 2.27. The fraction of sp³-hybridized carbons (Fsp3) is 0.412. The van der Waals surface area contributed by atoms with Crippen molar-refractivity contribution in [1.82, 2.24) is 15.6 Å². The Morgan fingerprint density at radius 2 is 2.17 bits per heavy atom. The van der Waals surface area contributed by atoms with Crippen molar-refractivity contribution in [2.24, 2.45) is 4.99 Å². The van der Waals surface area contributed by atoms with Crippen LogP contribution in [0.1, 0.15) is 22.9 Å². The quantitative estimate of drug-likeness (QED) is 0.456. The average molecular weight is 351 g/mol. The highest BCUT2D eigenvalue weighted by Gasteiger charge is 2.06. The molecular weight excluding hydrogens is 328 g/mol. The second kappa shape index (κ2) is 9.30. The van der Waals surface area contributed by atoms with Gasteiger partial charge in [-0.1, -0.05) is 23.7 Å². The van der Waals surface area contributed by atoms with E-state index in [0.29, 0.717) is 38.2 Å². The first-order valence-corrected chi connectivity index (χ1v) is 8.16. The number of halogens is 1. The van der Waals surface area contributed by atoms with Gasteiger partial charge in [0.2, 0.25) is 5.89 Å². The van der Waals surface area contributed by atoms with Gasteiger partial charge in [-0.15, -0.1) is 0 Å². The minimum absolute atomic E-state index is 0.484. The van der Waals surface area contributed by atoms with Crippen LogP contribution in [0.4, 0.5) is 0 Å². The van der Waals surface area contributed by atoms with Gasteiger partial charge in [0.05, 0.1) is 25.5 Å². The molecule has 0 atom stereocenters. The number of nitrogens with zero attached hydrogens (tertiary/aromatic N) is 2. The summed E-state index contributed by atoms with van der Waals surface area (Å²) in [6, 6.07) is 7.65. The Morgan fingerprint density at radius 1 is 1.33 bits per heavy atom. The number of guanidine groups is 1. The van der Waals surface area contributed by atoms with E-state index in [4.69, 9.17) is 20.8 Å². The molecule has 1 aromatic carbocycles. The highest BCUT2D eigenvalue weighted by molar-refractivity contribution is 6.30. The van der Waals surface area contributed by atoms with Crippen LogP contribution < -0.4 is 10.6 Å². The van der Waals surface area contributed by atoms with Crippen molar-refractivity contribution in [2.45, 2.75) is 27.0 Å². The summed E-state index contributed by atoms with van der Waals surface area (Å²) in [7, 11) is 1.72. The number of benzene rings is 1. The fourth-order valence-electron chi connectivity index (χ4n) is 2.05. The van der Waals surface area contributed by atoms with E-state index < -0.39 is 0 Å². The Morgan fingerprint density at radius 3 is 2.83 bits per heavy atom. The smallest absolute Gasteiger partial charge is 0.214 e. The second-order valence-corrected chi connectivity index (χ2v) is 5.72. The zero-order valence-corrected chi connectivity index (χ0v) is 15.0. The predicted octanol–water partition coefficient (Wildman–Crippen LogP) is 2.83. The normalized spacial score (nSPS) is 11.6. The van der Waals surface area contributed by atoms with Gasteiger partial charge in [0.25, 0.3) is 0 Å². The highest BCUT2D eigenvalue weighted by atomic mass is 35.5. The van der Waals surface area contributed by atoms with E-state index in [1.54, 1.807) is 7.05 Å². The average Bonchev–Trinajstić information content (AvgIpc) is 2.88. The first kappa shape index (κ1) is 18.3. The lowest BCUT2D eigenvalue weighted by Gasteiger charge is -2.11. The Kier molecular flexibility index (Phi) is 7.08. The Labute approximate surface area is 147 Å². The van der Waals surface area contributed by atoms with Gasteiger partial charge in [-0.25, -0.2) is 4.98 Å². The molecule has 0 fully saturated rings. The molecule has 1 aromatic heterocycles. The first-order chi connectivity index (χ1) is 11.6. The molecule has 0 aliphatic rings. The van der Waals surface area contributed by atoms with Crippen molar-refractivity contribution in [3.63, 3.8) is 0 Å². The summed E-state index contributed by atoms with van der Waals surface area (Å²) in [6.45, 7) is 6.04. The van der Waals surface area contributed by atoms with Crippen LogP contribution in [0.5, 0.6) is 0 Å². The molecule has 0 saturated heterocycles. The van der Waals surface area contributed by atoms with Gasteiger partial charge in [0.1, 0.15) is 5.76 Å². The molecule has 0 amide bonds. The molecule has 0 spiro atoms. The largest absolute Gasteiger partial charge is 0.444 e. The van der Waals surface area contributed by atoms with Crippen molar-refractivity contribution in [3.8, 4) is 0 Å². The standard InChI is InChI=1S/C17H23ClN4O2/c1-12-13(2)24-16(22-12)10-21-17(19-3)20-7-8-23-11-14-5-4-6-15(18)9-14/h4-6,9H,7-8,10-11H2,1-3H3,(H2,19,20,21). The molecule has 0 aliphatic carbocycles. The third-order valence-electron chi connectivity index (χ3n) is 3.40. The van der Waals surface area contributed by atoms with Gasteiger partial charge in [0, 0.05) is 18.6 Å². The van der Waals surface area contributed by atoms with E-state index >= 15 is 0 Å². The number of hydrogen-bond acceptors (Lipinski definition) is 4. The summed E-state index contributed by atoms with van der Waals surface area (Å²) in [4.78, 5) is 8.47. The highest BCUT2D eigenvalue weighted by Crippen LogP contribution is 2.11. The van der Waals surface area contributed by atoms with Crippen LogP contribution in [0.25, 0.3) is 0 Å². The third kappa shape index (κ3) is 5.86. The maximum atomic E-state index is 5.94. The van der Waals surface area contributed by atoms with E-state index in [1.807, 2.05) is 38.1 Å². The summed E-state index contributed by atoms with van der Waals surface area (Å²) in [5, 5.41) is 7.05. The summed E-state index contributed by atoms with van der Waals surface area (Å²) in [6.07, 6.45) is 0. The molecule has 7 heteroatoms. The molecule has 0 bridgehead atoms. The number of oxazole rings is 1. The molecule has 2 aromatic rings. The molecule has 2 rings (SSSR count). The summed E-state index contributed by atoms with van der Waals surface area (Å²) in [5.41, 5.74) is 1.96. The van der Waals surface area contributed by atoms with Crippen LogP contribution in [0.15, 0.2) is 33.7 Å². The lowest BCUT2D eigenvalue weighted by Crippen LogP contribution is -2.38. The summed E-state index contributed by atoms with van der Waals surface area (Å²) in [5.74, 6) is 2.16. The lowest BCUT2D eigenvalue weighted by atomic mass is 10.2. The lowest BCUT2D eigenvalue weighted by molar-refractivity contribution is 0.125. The monoisotopic (exact) mass is 350 g/mol. The number of nitrogens with one attached hydrogen (secondary N) is 2. The third-order valence-corrected chi connectivity index (χ3v) is 3.64. The van der Waals surface area contributed by atoms with Crippen LogP contribution >= 0.6 is 11.6 Å². The molecule has 24 heavy (non-hydrogen) atoms. The number of aryl methyl sites for hydroxylation is 2. The Bertz CT molecular complexity index is 665. The molecule has 1 heterocycles. The number of rotatable bonds is 7. The summed E-state index contributed by atoms with van der Waals surface area (Å²) >= 11 is 5.94. The number of aromatic nitrogens is 1. The van der Waals surface area contributed by atoms with Crippen LogP contribution in [-0.4, -0.2) is 31.1 Å². The Hall–Kier alpha value is -2.05. The maximum Gasteiger partial charge on any atom is 0.214 e. The molecule has 6 nitrogen and oxygen atoms in total. The molecule has 130 valence electrons. The van der Waals surface area contributed by atoms with Crippen LogP contribution in [0.2, 0.25) is 5.02 Å². The molecule has 2 N–H and O–H groups in total. The zero-order chi connectivity index (χ0) is 17.4. The Balaban J connectivity index is 1.64. The van der Waals surface area contributed by atoms with Gasteiger partial charge in [-0.3, -0.25) is 4.99 Å². The van der Waals surface area contributed by atoms with Crippen LogP contribution in [0, 0.1) is 13.8 Å². The topological polar surface area (TPSA) is 71.7 Å². The van der Waals surface area contributed by atoms with E-state index in [0.717, 1.165) is 22.0 Å². The van der Waals surface area contributed by atoms with E-state index in [-0.39, 0.29) is 0 Å². The molecule has 0 saturated carbocycles. The van der Waals surface area contributed by atoms with Crippen molar-refractivity contribution in [2.75, 3.05) is 20.2 Å². The van der Waals surface area contributed by atoms with Crippen molar-refractivity contribution < 1.29 is 9.15 Å². The van der Waals surface area contributed by atoms with Crippen molar-refractivity contribution >= 4 is 17.6 Å².